The molecule has 0 radical (unpaired) electrons. The van der Waals surface area contributed by atoms with Gasteiger partial charge in [0, 0.05) is 12.4 Å². The summed E-state index contributed by atoms with van der Waals surface area (Å²) < 4.78 is 40.7. The predicted octanol–water partition coefficient (Wildman–Crippen LogP) is 4.42. The lowest BCUT2D eigenvalue weighted by atomic mass is 9.98. The molecule has 0 saturated heterocycles. The third kappa shape index (κ3) is 2.88. The van der Waals surface area contributed by atoms with Gasteiger partial charge in [-0.3, -0.25) is 4.40 Å². The van der Waals surface area contributed by atoms with Crippen LogP contribution in [0, 0.1) is 6.92 Å². The van der Waals surface area contributed by atoms with E-state index in [9.17, 15) is 13.2 Å². The molecule has 120 valence electrons. The highest BCUT2D eigenvalue weighted by atomic mass is 35.5. The van der Waals surface area contributed by atoms with Gasteiger partial charge in [-0.15, -0.1) is 0 Å². The minimum atomic E-state index is -4.31. The van der Waals surface area contributed by atoms with Crippen molar-refractivity contribution < 1.29 is 13.2 Å². The molecule has 0 aliphatic carbocycles. The molecule has 23 heavy (non-hydrogen) atoms. The Labute approximate surface area is 135 Å². The molecule has 0 aliphatic rings. The summed E-state index contributed by atoms with van der Waals surface area (Å²) in [6.07, 6.45) is 0.186. The van der Waals surface area contributed by atoms with E-state index in [1.165, 1.54) is 12.4 Å². The van der Waals surface area contributed by atoms with E-state index in [0.29, 0.717) is 22.6 Å². The van der Waals surface area contributed by atoms with Crippen molar-refractivity contribution >= 4 is 17.2 Å². The van der Waals surface area contributed by atoms with Crippen molar-refractivity contribution in [3.63, 3.8) is 0 Å². The Morgan fingerprint density at radius 3 is 2.65 bits per heavy atom. The standard InChI is InChI=1S/C15H12ClF3N4/c1-8-5-13-21-6-12(11-3-4-20-14(16)22-11)23(13)7-10(8)9(2)15(17,18)19/h3-7,9H,1-2H3. The van der Waals surface area contributed by atoms with Gasteiger partial charge in [-0.2, -0.15) is 13.2 Å². The van der Waals surface area contributed by atoms with Gasteiger partial charge >= 0.3 is 6.18 Å². The highest BCUT2D eigenvalue weighted by molar-refractivity contribution is 6.28. The van der Waals surface area contributed by atoms with E-state index in [2.05, 4.69) is 15.0 Å². The van der Waals surface area contributed by atoms with Gasteiger partial charge < -0.3 is 0 Å². The first kappa shape index (κ1) is 15.7. The maximum atomic E-state index is 13.1. The number of halogens is 4. The molecule has 0 bridgehead atoms. The molecule has 0 fully saturated rings. The zero-order chi connectivity index (χ0) is 16.8. The summed E-state index contributed by atoms with van der Waals surface area (Å²) in [6.45, 7) is 2.79. The number of rotatable bonds is 2. The van der Waals surface area contributed by atoms with Crippen LogP contribution in [0.2, 0.25) is 5.28 Å². The van der Waals surface area contributed by atoms with E-state index in [1.54, 1.807) is 29.7 Å². The number of imidazole rings is 1. The van der Waals surface area contributed by atoms with Crippen molar-refractivity contribution in [1.29, 1.82) is 0 Å². The molecule has 0 N–H and O–H groups in total. The molecule has 1 unspecified atom stereocenters. The van der Waals surface area contributed by atoms with Gasteiger partial charge in [-0.05, 0) is 48.7 Å². The highest BCUT2D eigenvalue weighted by Crippen LogP contribution is 2.36. The Balaban J connectivity index is 2.20. The van der Waals surface area contributed by atoms with Crippen LogP contribution in [0.3, 0.4) is 0 Å². The summed E-state index contributed by atoms with van der Waals surface area (Å²) in [5.41, 5.74) is 2.34. The third-order valence-corrected chi connectivity index (χ3v) is 3.92. The van der Waals surface area contributed by atoms with Crippen LogP contribution in [0.5, 0.6) is 0 Å². The normalized spacial score (nSPS) is 13.5. The topological polar surface area (TPSA) is 43.1 Å². The van der Waals surface area contributed by atoms with Crippen LogP contribution in [0.4, 0.5) is 13.2 Å². The molecule has 0 spiro atoms. The zero-order valence-corrected chi connectivity index (χ0v) is 13.0. The fourth-order valence-electron chi connectivity index (χ4n) is 2.43. The molecular formula is C15H12ClF3N4. The summed E-state index contributed by atoms with van der Waals surface area (Å²) in [4.78, 5) is 12.1. The van der Waals surface area contributed by atoms with Gasteiger partial charge in [-0.1, -0.05) is 0 Å². The minimum absolute atomic E-state index is 0.0634. The molecule has 3 aromatic heterocycles. The lowest BCUT2D eigenvalue weighted by Gasteiger charge is -2.18. The number of hydrogen-bond donors (Lipinski definition) is 0. The van der Waals surface area contributed by atoms with Gasteiger partial charge in [0.25, 0.3) is 0 Å². The maximum absolute atomic E-state index is 13.1. The Kier molecular flexibility index (Phi) is 3.75. The van der Waals surface area contributed by atoms with Crippen molar-refractivity contribution in [1.82, 2.24) is 19.4 Å². The summed E-state index contributed by atoms with van der Waals surface area (Å²) in [5.74, 6) is -1.57. The average Bonchev–Trinajstić information content (AvgIpc) is 2.87. The largest absolute Gasteiger partial charge is 0.395 e. The minimum Gasteiger partial charge on any atom is -0.298 e. The van der Waals surface area contributed by atoms with Crippen LogP contribution < -0.4 is 0 Å². The predicted molar refractivity (Wildman–Crippen MR) is 80.4 cm³/mol. The Morgan fingerprint density at radius 1 is 1.26 bits per heavy atom. The second-order valence-corrected chi connectivity index (χ2v) is 5.60. The third-order valence-electron chi connectivity index (χ3n) is 3.74. The zero-order valence-electron chi connectivity index (χ0n) is 12.3. The molecule has 3 rings (SSSR count). The van der Waals surface area contributed by atoms with E-state index in [4.69, 9.17) is 11.6 Å². The van der Waals surface area contributed by atoms with Crippen molar-refractivity contribution in [3.05, 3.63) is 47.1 Å². The highest BCUT2D eigenvalue weighted by Gasteiger charge is 2.38. The van der Waals surface area contributed by atoms with Gasteiger partial charge in [-0.25, -0.2) is 15.0 Å². The number of fused-ring (bicyclic) bond motifs is 1. The lowest BCUT2D eigenvalue weighted by molar-refractivity contribution is -0.146. The number of alkyl halides is 3. The van der Waals surface area contributed by atoms with Crippen LogP contribution in [0.25, 0.3) is 17.0 Å². The summed E-state index contributed by atoms with van der Waals surface area (Å²) in [6, 6.07) is 3.26. The molecule has 4 nitrogen and oxygen atoms in total. The van der Waals surface area contributed by atoms with Gasteiger partial charge in [0.2, 0.25) is 5.28 Å². The lowest BCUT2D eigenvalue weighted by Crippen LogP contribution is -2.19. The number of pyridine rings is 1. The number of aromatic nitrogens is 4. The van der Waals surface area contributed by atoms with Crippen molar-refractivity contribution in [2.45, 2.75) is 25.9 Å². The first-order valence-electron chi connectivity index (χ1n) is 6.80. The van der Waals surface area contributed by atoms with Crippen LogP contribution >= 0.6 is 11.6 Å². The van der Waals surface area contributed by atoms with Crippen molar-refractivity contribution in [2.24, 2.45) is 0 Å². The van der Waals surface area contributed by atoms with E-state index in [1.807, 2.05) is 0 Å². The van der Waals surface area contributed by atoms with Crippen LogP contribution in [-0.4, -0.2) is 25.5 Å². The number of nitrogens with zero attached hydrogens (tertiary/aromatic N) is 4. The summed E-state index contributed by atoms with van der Waals surface area (Å²) in [7, 11) is 0. The molecule has 3 aromatic rings. The summed E-state index contributed by atoms with van der Waals surface area (Å²) in [5, 5.41) is 0.0634. The number of hydrogen-bond acceptors (Lipinski definition) is 3. The van der Waals surface area contributed by atoms with E-state index >= 15 is 0 Å². The maximum Gasteiger partial charge on any atom is 0.395 e. The fraction of sp³-hybridized carbons (Fsp3) is 0.267. The molecule has 1 atom stereocenters. The van der Waals surface area contributed by atoms with E-state index in [0.717, 1.165) is 6.92 Å². The molecule has 0 amide bonds. The second kappa shape index (κ2) is 5.49. The van der Waals surface area contributed by atoms with Crippen LogP contribution in [0.15, 0.2) is 30.7 Å². The van der Waals surface area contributed by atoms with Crippen LogP contribution in [0.1, 0.15) is 24.0 Å². The first-order chi connectivity index (χ1) is 10.8. The van der Waals surface area contributed by atoms with Crippen LogP contribution in [-0.2, 0) is 0 Å². The van der Waals surface area contributed by atoms with E-state index < -0.39 is 12.1 Å². The number of aryl methyl sites for hydroxylation is 1. The SMILES string of the molecule is Cc1cc2ncc(-c3ccnc(Cl)n3)n2cc1C(C)C(F)(F)F. The quantitative estimate of drug-likeness (QED) is 0.649. The molecule has 8 heteroatoms. The first-order valence-corrected chi connectivity index (χ1v) is 7.18. The summed E-state index contributed by atoms with van der Waals surface area (Å²) >= 11 is 5.78. The molecular weight excluding hydrogens is 329 g/mol. The Hall–Kier alpha value is -2.15. The Morgan fingerprint density at radius 2 is 2.00 bits per heavy atom. The molecule has 0 aliphatic heterocycles. The average molecular weight is 341 g/mol. The second-order valence-electron chi connectivity index (χ2n) is 5.26. The fourth-order valence-corrected chi connectivity index (χ4v) is 2.58. The molecule has 0 saturated carbocycles. The monoisotopic (exact) mass is 340 g/mol. The van der Waals surface area contributed by atoms with Gasteiger partial charge in [0.1, 0.15) is 5.65 Å². The van der Waals surface area contributed by atoms with Gasteiger partial charge in [0.15, 0.2) is 0 Å². The van der Waals surface area contributed by atoms with E-state index in [-0.39, 0.29) is 10.8 Å². The molecule has 3 heterocycles. The molecule has 0 aromatic carbocycles. The van der Waals surface area contributed by atoms with Crippen molar-refractivity contribution in [3.8, 4) is 11.4 Å². The smallest absolute Gasteiger partial charge is 0.298 e. The van der Waals surface area contributed by atoms with Crippen molar-refractivity contribution in [2.75, 3.05) is 0 Å². The van der Waals surface area contributed by atoms with Gasteiger partial charge in [0.05, 0.1) is 23.5 Å². The Bertz CT molecular complexity index is 873.